The summed E-state index contributed by atoms with van der Waals surface area (Å²) >= 11 is 1.32. The van der Waals surface area contributed by atoms with Gasteiger partial charge in [0, 0.05) is 5.69 Å². The zero-order chi connectivity index (χ0) is 13.1. The van der Waals surface area contributed by atoms with E-state index >= 15 is 0 Å². The summed E-state index contributed by atoms with van der Waals surface area (Å²) in [4.78, 5) is 4.14. The van der Waals surface area contributed by atoms with Gasteiger partial charge in [-0.25, -0.2) is 4.98 Å². The maximum Gasteiger partial charge on any atom is 0.235 e. The normalized spacial score (nSPS) is 12.6. The molecule has 5 nitrogen and oxygen atoms in total. The van der Waals surface area contributed by atoms with Crippen LogP contribution >= 0.6 is 11.3 Å². The van der Waals surface area contributed by atoms with Crippen LogP contribution in [0.1, 0.15) is 18.9 Å². The predicted molar refractivity (Wildman–Crippen MR) is 70.2 cm³/mol. The smallest absolute Gasteiger partial charge is 0.235 e. The number of aliphatic hydroxyl groups excluding tert-OH is 1. The van der Waals surface area contributed by atoms with Crippen molar-refractivity contribution in [3.05, 3.63) is 23.2 Å². The van der Waals surface area contributed by atoms with E-state index in [9.17, 15) is 5.11 Å². The maximum absolute atomic E-state index is 9.60. The maximum atomic E-state index is 9.60. The Balaban J connectivity index is 2.17. The van der Waals surface area contributed by atoms with Crippen LogP contribution in [-0.2, 0) is 4.74 Å². The van der Waals surface area contributed by atoms with Crippen molar-refractivity contribution in [2.75, 3.05) is 5.32 Å². The lowest BCUT2D eigenvalue weighted by atomic mass is 10.3. The Labute approximate surface area is 109 Å². The second kappa shape index (κ2) is 5.31. The molecule has 0 radical (unpaired) electrons. The lowest BCUT2D eigenvalue weighted by Crippen LogP contribution is -2.25. The third-order valence-electron chi connectivity index (χ3n) is 2.18. The van der Waals surface area contributed by atoms with Gasteiger partial charge in [0.25, 0.3) is 0 Å². The molecule has 94 valence electrons. The first-order valence-electron chi connectivity index (χ1n) is 5.49. The van der Waals surface area contributed by atoms with Crippen LogP contribution in [0.15, 0.2) is 18.2 Å². The van der Waals surface area contributed by atoms with Crippen LogP contribution < -0.4 is 5.32 Å². The van der Waals surface area contributed by atoms with Gasteiger partial charge in [0.05, 0.1) is 16.3 Å². The number of benzene rings is 1. The number of anilines is 1. The number of aromatic nitrogens is 1. The van der Waals surface area contributed by atoms with Gasteiger partial charge in [-0.05, 0) is 32.0 Å². The molecule has 0 spiro atoms. The van der Waals surface area contributed by atoms with Crippen LogP contribution in [0.3, 0.4) is 0 Å². The van der Waals surface area contributed by atoms with Gasteiger partial charge < -0.3 is 15.2 Å². The van der Waals surface area contributed by atoms with Crippen molar-refractivity contribution >= 4 is 27.2 Å². The van der Waals surface area contributed by atoms with Gasteiger partial charge in [0.1, 0.15) is 6.07 Å². The third kappa shape index (κ3) is 2.96. The minimum Gasteiger partial charge on any atom is -0.351 e. The molecule has 0 aliphatic carbocycles. The van der Waals surface area contributed by atoms with E-state index < -0.39 is 6.41 Å². The Morgan fingerprint density at radius 2 is 2.28 bits per heavy atom. The van der Waals surface area contributed by atoms with Gasteiger partial charge in [-0.1, -0.05) is 0 Å². The summed E-state index contributed by atoms with van der Waals surface area (Å²) in [6.45, 7) is 3.69. The van der Waals surface area contributed by atoms with Crippen LogP contribution in [0.5, 0.6) is 0 Å². The Morgan fingerprint density at radius 3 is 2.94 bits per heavy atom. The van der Waals surface area contributed by atoms with Gasteiger partial charge in [-0.2, -0.15) is 5.26 Å². The standard InChI is InChI=1S/C12H13N3O2S/c1-7(2)17-12(16)14-8-3-4-9-10(5-8)18-11(6-13)15-9/h3-5,7,12,14,16H,1-2H3. The van der Waals surface area contributed by atoms with Gasteiger partial charge in [-0.15, -0.1) is 11.3 Å². The molecule has 0 fully saturated rings. The van der Waals surface area contributed by atoms with Crippen LogP contribution in [0.4, 0.5) is 5.69 Å². The fourth-order valence-corrected chi connectivity index (χ4v) is 2.30. The molecule has 2 N–H and O–H groups in total. The van der Waals surface area contributed by atoms with Crippen molar-refractivity contribution in [3.63, 3.8) is 0 Å². The second-order valence-corrected chi connectivity index (χ2v) is 5.03. The Kier molecular flexibility index (Phi) is 3.77. The van der Waals surface area contributed by atoms with E-state index in [1.54, 1.807) is 12.1 Å². The number of hydrogen-bond donors (Lipinski definition) is 2. The number of hydrogen-bond acceptors (Lipinski definition) is 6. The van der Waals surface area contributed by atoms with Crippen LogP contribution in [0, 0.1) is 11.3 Å². The van der Waals surface area contributed by atoms with Crippen LogP contribution in [-0.4, -0.2) is 22.6 Å². The molecule has 0 saturated carbocycles. The second-order valence-electron chi connectivity index (χ2n) is 3.99. The molecule has 1 heterocycles. The zero-order valence-electron chi connectivity index (χ0n) is 10.0. The molecule has 2 aromatic rings. The highest BCUT2D eigenvalue weighted by molar-refractivity contribution is 7.19. The highest BCUT2D eigenvalue weighted by atomic mass is 32.1. The monoisotopic (exact) mass is 263 g/mol. The number of ether oxygens (including phenoxy) is 1. The quantitative estimate of drug-likeness (QED) is 0.827. The minimum atomic E-state index is -1.05. The number of fused-ring (bicyclic) bond motifs is 1. The van der Waals surface area contributed by atoms with E-state index in [0.29, 0.717) is 5.01 Å². The topological polar surface area (TPSA) is 78.2 Å². The van der Waals surface area contributed by atoms with Crippen molar-refractivity contribution in [1.29, 1.82) is 5.26 Å². The Bertz CT molecular complexity index is 589. The highest BCUT2D eigenvalue weighted by Crippen LogP contribution is 2.25. The summed E-state index contributed by atoms with van der Waals surface area (Å²) in [7, 11) is 0. The summed E-state index contributed by atoms with van der Waals surface area (Å²) in [6.07, 6.45) is -1.12. The van der Waals surface area contributed by atoms with Crippen molar-refractivity contribution in [2.24, 2.45) is 0 Å². The molecule has 0 amide bonds. The molecule has 0 saturated heterocycles. The summed E-state index contributed by atoms with van der Waals surface area (Å²) in [5.74, 6) is 0. The summed E-state index contributed by atoms with van der Waals surface area (Å²) in [5.41, 5.74) is 1.50. The average Bonchev–Trinajstić information content (AvgIpc) is 2.69. The van der Waals surface area contributed by atoms with Crippen molar-refractivity contribution in [2.45, 2.75) is 26.4 Å². The first kappa shape index (κ1) is 12.8. The summed E-state index contributed by atoms with van der Waals surface area (Å²) < 4.78 is 6.07. The number of aliphatic hydroxyl groups is 1. The molecule has 2 rings (SSSR count). The average molecular weight is 263 g/mol. The predicted octanol–water partition coefficient (Wildman–Crippen LogP) is 2.28. The molecule has 18 heavy (non-hydrogen) atoms. The van der Waals surface area contributed by atoms with Gasteiger partial charge in [-0.3, -0.25) is 0 Å². The molecular formula is C12H13N3O2S. The summed E-state index contributed by atoms with van der Waals surface area (Å²) in [6, 6.07) is 7.44. The van der Waals surface area contributed by atoms with Crippen molar-refractivity contribution < 1.29 is 9.84 Å². The fourth-order valence-electron chi connectivity index (χ4n) is 1.50. The number of thiazole rings is 1. The van der Waals surface area contributed by atoms with Crippen LogP contribution in [0.25, 0.3) is 10.2 Å². The number of nitrogens with one attached hydrogen (secondary N) is 1. The van der Waals surface area contributed by atoms with Crippen LogP contribution in [0.2, 0.25) is 0 Å². The Hall–Kier alpha value is -1.68. The Morgan fingerprint density at radius 1 is 1.50 bits per heavy atom. The lowest BCUT2D eigenvalue weighted by Gasteiger charge is -2.16. The number of nitriles is 1. The molecule has 0 aliphatic rings. The molecule has 1 aromatic carbocycles. The first-order valence-corrected chi connectivity index (χ1v) is 6.31. The SMILES string of the molecule is CC(C)OC(O)Nc1ccc2nc(C#N)sc2c1. The number of nitrogens with zero attached hydrogens (tertiary/aromatic N) is 2. The minimum absolute atomic E-state index is 0.0650. The molecule has 0 bridgehead atoms. The van der Waals surface area contributed by atoms with E-state index in [1.165, 1.54) is 11.3 Å². The van der Waals surface area contributed by atoms with Gasteiger partial charge in [0.15, 0.2) is 5.01 Å². The molecule has 6 heteroatoms. The zero-order valence-corrected chi connectivity index (χ0v) is 10.9. The third-order valence-corrected chi connectivity index (χ3v) is 3.10. The van der Waals surface area contributed by atoms with E-state index in [1.807, 2.05) is 26.0 Å². The molecular weight excluding hydrogens is 250 g/mol. The van der Waals surface area contributed by atoms with E-state index in [-0.39, 0.29) is 6.10 Å². The fraction of sp³-hybridized carbons (Fsp3) is 0.333. The van der Waals surface area contributed by atoms with Gasteiger partial charge in [0.2, 0.25) is 6.41 Å². The van der Waals surface area contributed by atoms with E-state index in [4.69, 9.17) is 10.00 Å². The van der Waals surface area contributed by atoms with Crippen molar-refractivity contribution in [3.8, 4) is 6.07 Å². The summed E-state index contributed by atoms with van der Waals surface area (Å²) in [5, 5.41) is 21.6. The van der Waals surface area contributed by atoms with Gasteiger partial charge >= 0.3 is 0 Å². The molecule has 1 aromatic heterocycles. The van der Waals surface area contributed by atoms with Crippen molar-refractivity contribution in [1.82, 2.24) is 4.98 Å². The number of rotatable bonds is 4. The molecule has 0 aliphatic heterocycles. The largest absolute Gasteiger partial charge is 0.351 e. The van der Waals surface area contributed by atoms with E-state index in [2.05, 4.69) is 10.3 Å². The molecule has 1 unspecified atom stereocenters. The lowest BCUT2D eigenvalue weighted by molar-refractivity contribution is -0.105. The first-order chi connectivity index (χ1) is 8.58. The molecule has 1 atom stereocenters. The van der Waals surface area contributed by atoms with E-state index in [0.717, 1.165) is 15.9 Å². The highest BCUT2D eigenvalue weighted by Gasteiger charge is 2.08.